The molecule has 1 fully saturated rings. The van der Waals surface area contributed by atoms with Gasteiger partial charge in [0.05, 0.1) is 38.2 Å². The summed E-state index contributed by atoms with van der Waals surface area (Å²) >= 11 is 0. The van der Waals surface area contributed by atoms with E-state index < -0.39 is 11.9 Å². The van der Waals surface area contributed by atoms with Crippen LogP contribution in [-0.2, 0) is 20.8 Å². The average molecular weight is 432 g/mol. The minimum Gasteiger partial charge on any atom is -0.465 e. The first kappa shape index (κ1) is 22.7. The Morgan fingerprint density at radius 2 is 2.03 bits per heavy atom. The third-order valence-electron chi connectivity index (χ3n) is 4.93. The molecular formula is C21H28N4O6. The van der Waals surface area contributed by atoms with Crippen molar-refractivity contribution in [1.29, 1.82) is 0 Å². The molecular weight excluding hydrogens is 404 g/mol. The number of likely N-dealkylation sites (N-methyl/N-ethyl adjacent to an activating group) is 1. The second-order valence-electron chi connectivity index (χ2n) is 7.14. The highest BCUT2D eigenvalue weighted by atomic mass is 16.5. The molecule has 10 heteroatoms. The molecule has 3 rings (SSSR count). The van der Waals surface area contributed by atoms with E-state index in [0.717, 1.165) is 18.7 Å². The standard InChI is InChI=1S/C21H28N4O6/c1-24(6-9-28-2)21-23-18(14-31-21)19(26)22-17-5-4-15(12-16(17)20(27)29-3)13-25-7-10-30-11-8-25/h4-5,12,14H,6-11,13H2,1-3H3,(H,22,26). The lowest BCUT2D eigenvalue weighted by atomic mass is 10.1. The fourth-order valence-electron chi connectivity index (χ4n) is 3.15. The van der Waals surface area contributed by atoms with Crippen LogP contribution in [0.15, 0.2) is 28.9 Å². The lowest BCUT2D eigenvalue weighted by molar-refractivity contribution is 0.0341. The van der Waals surface area contributed by atoms with Gasteiger partial charge in [-0.2, -0.15) is 4.98 Å². The number of esters is 1. The minimum absolute atomic E-state index is 0.104. The van der Waals surface area contributed by atoms with Gasteiger partial charge in [0.25, 0.3) is 11.9 Å². The highest BCUT2D eigenvalue weighted by molar-refractivity contribution is 6.07. The Balaban J connectivity index is 1.73. The van der Waals surface area contributed by atoms with E-state index in [4.69, 9.17) is 18.6 Å². The molecule has 1 amide bonds. The number of nitrogens with zero attached hydrogens (tertiary/aromatic N) is 3. The fourth-order valence-corrected chi connectivity index (χ4v) is 3.15. The number of anilines is 2. The van der Waals surface area contributed by atoms with Gasteiger partial charge in [-0.25, -0.2) is 4.79 Å². The van der Waals surface area contributed by atoms with E-state index in [9.17, 15) is 9.59 Å². The summed E-state index contributed by atoms with van der Waals surface area (Å²) in [7, 11) is 4.70. The number of aromatic nitrogens is 1. The first-order valence-corrected chi connectivity index (χ1v) is 10.00. The van der Waals surface area contributed by atoms with Crippen LogP contribution >= 0.6 is 0 Å². The first-order valence-electron chi connectivity index (χ1n) is 10.00. The highest BCUT2D eigenvalue weighted by Crippen LogP contribution is 2.22. The second kappa shape index (κ2) is 10.9. The number of amides is 1. The number of rotatable bonds is 9. The third-order valence-corrected chi connectivity index (χ3v) is 4.93. The lowest BCUT2D eigenvalue weighted by Gasteiger charge is -2.26. The van der Waals surface area contributed by atoms with E-state index >= 15 is 0 Å². The van der Waals surface area contributed by atoms with Crippen LogP contribution in [0.4, 0.5) is 11.7 Å². The Morgan fingerprint density at radius 1 is 1.26 bits per heavy atom. The molecule has 0 radical (unpaired) electrons. The van der Waals surface area contributed by atoms with E-state index in [1.807, 2.05) is 6.07 Å². The zero-order valence-electron chi connectivity index (χ0n) is 18.1. The van der Waals surface area contributed by atoms with E-state index in [1.54, 1.807) is 31.2 Å². The van der Waals surface area contributed by atoms with Gasteiger partial charge < -0.3 is 28.8 Å². The number of nitrogens with one attached hydrogen (secondary N) is 1. The summed E-state index contributed by atoms with van der Waals surface area (Å²) in [5, 5.41) is 2.73. The summed E-state index contributed by atoms with van der Waals surface area (Å²) in [6.07, 6.45) is 1.28. The number of hydrogen-bond donors (Lipinski definition) is 1. The van der Waals surface area contributed by atoms with Gasteiger partial charge in [0.2, 0.25) is 0 Å². The molecule has 1 saturated heterocycles. The number of hydrogen-bond acceptors (Lipinski definition) is 9. The molecule has 168 valence electrons. The number of oxazole rings is 1. The van der Waals surface area contributed by atoms with Crippen LogP contribution in [0.2, 0.25) is 0 Å². The largest absolute Gasteiger partial charge is 0.465 e. The number of methoxy groups -OCH3 is 2. The van der Waals surface area contributed by atoms with Gasteiger partial charge in [-0.15, -0.1) is 0 Å². The number of ether oxygens (including phenoxy) is 3. The molecule has 0 unspecified atom stereocenters. The van der Waals surface area contributed by atoms with Gasteiger partial charge >= 0.3 is 5.97 Å². The zero-order valence-corrected chi connectivity index (χ0v) is 18.1. The van der Waals surface area contributed by atoms with Crippen molar-refractivity contribution >= 4 is 23.6 Å². The quantitative estimate of drug-likeness (QED) is 0.592. The highest BCUT2D eigenvalue weighted by Gasteiger charge is 2.20. The molecule has 1 aromatic carbocycles. The molecule has 1 aliphatic rings. The van der Waals surface area contributed by atoms with Crippen molar-refractivity contribution in [2.75, 3.05) is 70.9 Å². The van der Waals surface area contributed by atoms with Gasteiger partial charge in [-0.1, -0.05) is 6.07 Å². The Labute approximate surface area is 181 Å². The molecule has 1 N–H and O–H groups in total. The molecule has 0 spiro atoms. The molecule has 10 nitrogen and oxygen atoms in total. The Kier molecular flexibility index (Phi) is 7.99. The molecule has 0 aliphatic carbocycles. The van der Waals surface area contributed by atoms with Crippen LogP contribution in [0.1, 0.15) is 26.4 Å². The minimum atomic E-state index is -0.528. The monoisotopic (exact) mass is 432 g/mol. The van der Waals surface area contributed by atoms with Crippen molar-refractivity contribution in [3.63, 3.8) is 0 Å². The second-order valence-corrected chi connectivity index (χ2v) is 7.14. The number of carbonyl (C=O) groups is 2. The zero-order chi connectivity index (χ0) is 22.2. The van der Waals surface area contributed by atoms with Crippen LogP contribution in [0.25, 0.3) is 0 Å². The van der Waals surface area contributed by atoms with E-state index in [2.05, 4.69) is 15.2 Å². The lowest BCUT2D eigenvalue weighted by Crippen LogP contribution is -2.35. The molecule has 31 heavy (non-hydrogen) atoms. The molecule has 2 heterocycles. The molecule has 1 aliphatic heterocycles. The van der Waals surface area contributed by atoms with Crippen LogP contribution in [-0.4, -0.2) is 82.5 Å². The van der Waals surface area contributed by atoms with Crippen molar-refractivity contribution in [3.05, 3.63) is 41.3 Å². The van der Waals surface area contributed by atoms with Gasteiger partial charge in [-0.3, -0.25) is 9.69 Å². The third kappa shape index (κ3) is 6.03. The summed E-state index contributed by atoms with van der Waals surface area (Å²) in [6.45, 7) is 4.80. The maximum absolute atomic E-state index is 12.7. The normalized spacial score (nSPS) is 14.3. The summed E-state index contributed by atoms with van der Waals surface area (Å²) in [5.74, 6) is -1.01. The summed E-state index contributed by atoms with van der Waals surface area (Å²) in [6, 6.07) is 5.62. The molecule has 0 bridgehead atoms. The van der Waals surface area contributed by atoms with Gasteiger partial charge in [0.15, 0.2) is 5.69 Å². The van der Waals surface area contributed by atoms with Gasteiger partial charge in [0, 0.05) is 40.3 Å². The maximum Gasteiger partial charge on any atom is 0.339 e. The Morgan fingerprint density at radius 3 is 2.74 bits per heavy atom. The van der Waals surface area contributed by atoms with Crippen LogP contribution in [0.5, 0.6) is 0 Å². The van der Waals surface area contributed by atoms with E-state index in [1.165, 1.54) is 13.4 Å². The summed E-state index contributed by atoms with van der Waals surface area (Å²) in [4.78, 5) is 33.2. The van der Waals surface area contributed by atoms with E-state index in [-0.39, 0.29) is 11.3 Å². The summed E-state index contributed by atoms with van der Waals surface area (Å²) in [5.41, 5.74) is 1.68. The van der Waals surface area contributed by atoms with Crippen LogP contribution in [0, 0.1) is 0 Å². The van der Waals surface area contributed by atoms with Crippen molar-refractivity contribution < 1.29 is 28.2 Å². The van der Waals surface area contributed by atoms with Crippen molar-refractivity contribution in [2.24, 2.45) is 0 Å². The predicted octanol–water partition coefficient (Wildman–Crippen LogP) is 1.63. The first-order chi connectivity index (χ1) is 15.0. The van der Waals surface area contributed by atoms with Crippen molar-refractivity contribution in [2.45, 2.75) is 6.54 Å². The summed E-state index contributed by atoms with van der Waals surface area (Å²) < 4.78 is 20.7. The van der Waals surface area contributed by atoms with Crippen molar-refractivity contribution in [1.82, 2.24) is 9.88 Å². The SMILES string of the molecule is COCCN(C)c1nc(C(=O)Nc2ccc(CN3CCOCC3)cc2C(=O)OC)co1. The Hall–Kier alpha value is -2.95. The van der Waals surface area contributed by atoms with Crippen molar-refractivity contribution in [3.8, 4) is 0 Å². The molecule has 0 atom stereocenters. The average Bonchev–Trinajstić information content (AvgIpc) is 3.29. The predicted molar refractivity (Wildman–Crippen MR) is 113 cm³/mol. The molecule has 1 aromatic heterocycles. The van der Waals surface area contributed by atoms with Gasteiger partial charge in [0.1, 0.15) is 6.26 Å². The van der Waals surface area contributed by atoms with Crippen LogP contribution < -0.4 is 10.2 Å². The van der Waals surface area contributed by atoms with E-state index in [0.29, 0.717) is 44.6 Å². The molecule has 0 saturated carbocycles. The fraction of sp³-hybridized carbons (Fsp3) is 0.476. The number of carbonyl (C=O) groups excluding carboxylic acids is 2. The number of morpholine rings is 1. The maximum atomic E-state index is 12.7. The smallest absolute Gasteiger partial charge is 0.339 e. The van der Waals surface area contributed by atoms with Crippen LogP contribution in [0.3, 0.4) is 0 Å². The Bertz CT molecular complexity index is 894. The topological polar surface area (TPSA) is 106 Å². The number of benzene rings is 1. The van der Waals surface area contributed by atoms with Gasteiger partial charge in [-0.05, 0) is 17.7 Å². The molecule has 2 aromatic rings.